The first-order chi connectivity index (χ1) is 19.8. The molecular formula is C35H37N3O3. The van der Waals surface area contributed by atoms with Crippen molar-refractivity contribution in [2.45, 2.75) is 64.4 Å². The van der Waals surface area contributed by atoms with E-state index < -0.39 is 0 Å². The number of fused-ring (bicyclic) bond motifs is 9. The number of ether oxygens (including phenoxy) is 2. The van der Waals surface area contributed by atoms with Crippen molar-refractivity contribution in [3.05, 3.63) is 77.1 Å². The summed E-state index contributed by atoms with van der Waals surface area (Å²) in [5, 5.41) is 5.18. The van der Waals surface area contributed by atoms with Crippen molar-refractivity contribution in [1.82, 2.24) is 15.3 Å². The van der Waals surface area contributed by atoms with E-state index in [0.29, 0.717) is 29.9 Å². The van der Waals surface area contributed by atoms with E-state index in [1.54, 1.807) is 7.11 Å². The third-order valence-electron chi connectivity index (χ3n) is 9.45. The molecule has 210 valence electrons. The van der Waals surface area contributed by atoms with Gasteiger partial charge in [-0.1, -0.05) is 43.7 Å². The summed E-state index contributed by atoms with van der Waals surface area (Å²) in [6.45, 7) is 7.33. The second kappa shape index (κ2) is 9.86. The van der Waals surface area contributed by atoms with Gasteiger partial charge in [-0.15, -0.1) is 0 Å². The van der Waals surface area contributed by atoms with Gasteiger partial charge in [0.25, 0.3) is 5.91 Å². The minimum absolute atomic E-state index is 0.127. The Kier molecular flexibility index (Phi) is 6.25. The van der Waals surface area contributed by atoms with Crippen LogP contribution in [0.5, 0.6) is 5.75 Å². The van der Waals surface area contributed by atoms with Crippen LogP contribution in [0.3, 0.4) is 0 Å². The SMILES string of the molecule is COC1=CC(CNC(=O)c2ccc3nc4c5c(c6ccccc6c4nc3c2)OC(C)(C)[C@H]2CC[C@H](C)C[C@H]52)=CCC1. The van der Waals surface area contributed by atoms with Crippen molar-refractivity contribution in [2.24, 2.45) is 11.8 Å². The fourth-order valence-electron chi connectivity index (χ4n) is 7.34. The smallest absolute Gasteiger partial charge is 0.251 e. The van der Waals surface area contributed by atoms with Gasteiger partial charge in [0, 0.05) is 40.8 Å². The molecular weight excluding hydrogens is 510 g/mol. The Hall–Kier alpha value is -3.93. The first-order valence-electron chi connectivity index (χ1n) is 14.9. The minimum Gasteiger partial charge on any atom is -0.501 e. The van der Waals surface area contributed by atoms with Crippen molar-refractivity contribution in [3.8, 4) is 5.75 Å². The van der Waals surface area contributed by atoms with Gasteiger partial charge < -0.3 is 14.8 Å². The molecule has 2 aliphatic carbocycles. The molecule has 1 fully saturated rings. The Morgan fingerprint density at radius 1 is 1.07 bits per heavy atom. The number of hydrogen-bond donors (Lipinski definition) is 1. The summed E-state index contributed by atoms with van der Waals surface area (Å²) in [5.74, 6) is 3.27. The summed E-state index contributed by atoms with van der Waals surface area (Å²) in [7, 11) is 1.69. The molecule has 1 N–H and O–H groups in total. The van der Waals surface area contributed by atoms with E-state index in [1.165, 1.54) is 12.0 Å². The Labute approximate surface area is 240 Å². The maximum absolute atomic E-state index is 13.1. The summed E-state index contributed by atoms with van der Waals surface area (Å²) < 4.78 is 12.3. The standard InChI is InChI=1S/C35H37N3O3/c1-20-12-14-27-26(16-20)30-32-31(24-10-5-6-11-25(24)33(30)41-35(27,2)3)38-29-18-22(13-15-28(29)37-32)34(39)36-19-21-8-7-9-23(17-21)40-4/h5-6,8,10-11,13,15,17-18,20,26-27H,7,9,12,14,16,19H2,1-4H3,(H,36,39)/t20-,26-,27-/m0/s1. The first kappa shape index (κ1) is 26.0. The molecule has 0 saturated heterocycles. The van der Waals surface area contributed by atoms with E-state index in [-0.39, 0.29) is 11.5 Å². The summed E-state index contributed by atoms with van der Waals surface area (Å²) in [6.07, 6.45) is 9.50. The molecule has 3 aromatic carbocycles. The average molecular weight is 548 g/mol. The Morgan fingerprint density at radius 2 is 1.88 bits per heavy atom. The van der Waals surface area contributed by atoms with Crippen LogP contribution >= 0.6 is 0 Å². The van der Waals surface area contributed by atoms with Gasteiger partial charge in [-0.3, -0.25) is 4.79 Å². The molecule has 3 aliphatic rings. The highest BCUT2D eigenvalue weighted by Crippen LogP contribution is 2.56. The lowest BCUT2D eigenvalue weighted by Crippen LogP contribution is -2.46. The largest absolute Gasteiger partial charge is 0.501 e. The van der Waals surface area contributed by atoms with Crippen LogP contribution in [0.4, 0.5) is 0 Å². The third-order valence-corrected chi connectivity index (χ3v) is 9.45. The Bertz CT molecular complexity index is 1770. The molecule has 3 atom stereocenters. The molecule has 0 bridgehead atoms. The fraction of sp³-hybridized carbons (Fsp3) is 0.400. The second-order valence-electron chi connectivity index (χ2n) is 12.6. The normalized spacial score (nSPS) is 23.3. The first-order valence-corrected chi connectivity index (χ1v) is 14.9. The number of aromatic nitrogens is 2. The van der Waals surface area contributed by atoms with Gasteiger partial charge in [0.05, 0.1) is 34.9 Å². The molecule has 0 radical (unpaired) electrons. The summed E-state index contributed by atoms with van der Waals surface area (Å²) in [6, 6.07) is 14.0. The van der Waals surface area contributed by atoms with Crippen molar-refractivity contribution in [1.29, 1.82) is 0 Å². The van der Waals surface area contributed by atoms with Gasteiger partial charge in [-0.2, -0.15) is 0 Å². The lowest BCUT2D eigenvalue weighted by Gasteiger charge is -2.49. The van der Waals surface area contributed by atoms with E-state index in [1.807, 2.05) is 30.3 Å². The molecule has 0 spiro atoms. The number of allylic oxidation sites excluding steroid dienone is 2. The highest BCUT2D eigenvalue weighted by molar-refractivity contribution is 6.11. The van der Waals surface area contributed by atoms with Gasteiger partial charge in [-0.25, -0.2) is 9.97 Å². The van der Waals surface area contributed by atoms with Gasteiger partial charge in [0.15, 0.2) is 0 Å². The number of carbonyl (C=O) groups excluding carboxylic acids is 1. The van der Waals surface area contributed by atoms with Gasteiger partial charge in [0.1, 0.15) is 11.4 Å². The van der Waals surface area contributed by atoms with Crippen molar-refractivity contribution < 1.29 is 14.3 Å². The lowest BCUT2D eigenvalue weighted by atomic mass is 9.64. The topological polar surface area (TPSA) is 73.3 Å². The van der Waals surface area contributed by atoms with E-state index >= 15 is 0 Å². The number of benzene rings is 3. The van der Waals surface area contributed by atoms with Crippen molar-refractivity contribution in [2.75, 3.05) is 13.7 Å². The zero-order chi connectivity index (χ0) is 28.3. The Balaban J connectivity index is 1.32. The molecule has 6 nitrogen and oxygen atoms in total. The highest BCUT2D eigenvalue weighted by atomic mass is 16.5. The van der Waals surface area contributed by atoms with Gasteiger partial charge in [0.2, 0.25) is 0 Å². The zero-order valence-corrected chi connectivity index (χ0v) is 24.3. The third kappa shape index (κ3) is 4.44. The number of carbonyl (C=O) groups is 1. The maximum atomic E-state index is 13.1. The van der Waals surface area contributed by atoms with Crippen LogP contribution in [-0.4, -0.2) is 35.1 Å². The van der Waals surface area contributed by atoms with Crippen LogP contribution in [0.2, 0.25) is 0 Å². The molecule has 1 aromatic heterocycles. The van der Waals surface area contributed by atoms with E-state index in [4.69, 9.17) is 19.4 Å². The monoisotopic (exact) mass is 547 g/mol. The molecule has 0 unspecified atom stereocenters. The molecule has 1 amide bonds. The van der Waals surface area contributed by atoms with Crippen molar-refractivity contribution >= 4 is 38.7 Å². The zero-order valence-electron chi connectivity index (χ0n) is 24.3. The number of rotatable bonds is 4. The average Bonchev–Trinajstić information content (AvgIpc) is 2.98. The van der Waals surface area contributed by atoms with E-state index in [9.17, 15) is 4.79 Å². The maximum Gasteiger partial charge on any atom is 0.251 e. The number of hydrogen-bond acceptors (Lipinski definition) is 5. The molecule has 1 aliphatic heterocycles. The number of amides is 1. The predicted octanol–water partition coefficient (Wildman–Crippen LogP) is 7.61. The van der Waals surface area contributed by atoms with Gasteiger partial charge >= 0.3 is 0 Å². The molecule has 4 aromatic rings. The lowest BCUT2D eigenvalue weighted by molar-refractivity contribution is -0.0115. The molecule has 41 heavy (non-hydrogen) atoms. The minimum atomic E-state index is -0.241. The van der Waals surface area contributed by atoms with Crippen molar-refractivity contribution in [3.63, 3.8) is 0 Å². The van der Waals surface area contributed by atoms with Crippen LogP contribution in [0.25, 0.3) is 32.8 Å². The number of methoxy groups -OCH3 is 1. The summed E-state index contributed by atoms with van der Waals surface area (Å²) in [5.41, 5.74) is 5.95. The quantitative estimate of drug-likeness (QED) is 0.210. The Morgan fingerprint density at radius 3 is 2.71 bits per heavy atom. The van der Waals surface area contributed by atoms with Crippen LogP contribution in [0, 0.1) is 11.8 Å². The second-order valence-corrected chi connectivity index (χ2v) is 12.6. The molecule has 1 saturated carbocycles. The molecule has 2 heterocycles. The molecule has 6 heteroatoms. The summed E-state index contributed by atoms with van der Waals surface area (Å²) >= 11 is 0. The van der Waals surface area contributed by atoms with Crippen LogP contribution < -0.4 is 10.1 Å². The molecule has 7 rings (SSSR count). The number of nitrogens with zero attached hydrogens (tertiary/aromatic N) is 2. The predicted molar refractivity (Wildman–Crippen MR) is 163 cm³/mol. The van der Waals surface area contributed by atoms with Crippen LogP contribution in [-0.2, 0) is 4.74 Å². The van der Waals surface area contributed by atoms with E-state index in [2.05, 4.69) is 50.4 Å². The highest BCUT2D eigenvalue weighted by Gasteiger charge is 2.47. The van der Waals surface area contributed by atoms with Gasteiger partial charge in [-0.05, 0) is 74.8 Å². The van der Waals surface area contributed by atoms with Crippen LogP contribution in [0.15, 0.2) is 65.9 Å². The number of nitrogens with one attached hydrogen (secondary N) is 1. The van der Waals surface area contributed by atoms with E-state index in [0.717, 1.165) is 75.6 Å². The summed E-state index contributed by atoms with van der Waals surface area (Å²) in [4.78, 5) is 23.6. The fourth-order valence-corrected chi connectivity index (χ4v) is 7.34. The van der Waals surface area contributed by atoms with Crippen LogP contribution in [0.1, 0.15) is 74.7 Å².